The van der Waals surface area contributed by atoms with E-state index in [-0.39, 0.29) is 25.0 Å². The molecule has 1 aromatic heterocycles. The van der Waals surface area contributed by atoms with E-state index in [0.29, 0.717) is 17.8 Å². The molecule has 0 radical (unpaired) electrons. The number of amides is 1. The molecule has 1 aliphatic rings. The fraction of sp³-hybridized carbons (Fsp3) is 0.438. The highest BCUT2D eigenvalue weighted by Gasteiger charge is 2.17. The molecule has 0 bridgehead atoms. The number of hydrogen-bond acceptors (Lipinski definition) is 6. The molecule has 1 saturated heterocycles. The normalized spacial score (nSPS) is 17.3. The van der Waals surface area contributed by atoms with Gasteiger partial charge in [-0.15, -0.1) is 0 Å². The molecule has 1 atom stereocenters. The van der Waals surface area contributed by atoms with E-state index in [9.17, 15) is 9.59 Å². The number of aromatic nitrogens is 1. The molecule has 1 N–H and O–H groups in total. The third-order valence-electron chi connectivity index (χ3n) is 3.68. The van der Waals surface area contributed by atoms with E-state index in [2.05, 4.69) is 10.5 Å². The Morgan fingerprint density at radius 3 is 3.04 bits per heavy atom. The number of fused-ring (bicyclic) bond motifs is 1. The van der Waals surface area contributed by atoms with Crippen LogP contribution in [-0.4, -0.2) is 42.9 Å². The van der Waals surface area contributed by atoms with Gasteiger partial charge < -0.3 is 19.3 Å². The van der Waals surface area contributed by atoms with Crippen LogP contribution in [0.4, 0.5) is 0 Å². The molecule has 2 aromatic rings. The summed E-state index contributed by atoms with van der Waals surface area (Å²) in [6.45, 7) is 0.882. The topological polar surface area (TPSA) is 90.7 Å². The Morgan fingerprint density at radius 2 is 2.22 bits per heavy atom. The largest absolute Gasteiger partial charge is 0.455 e. The number of rotatable bonds is 6. The van der Waals surface area contributed by atoms with Crippen molar-refractivity contribution in [2.24, 2.45) is 0 Å². The Kier molecular flexibility index (Phi) is 4.87. The number of benzene rings is 1. The molecule has 1 amide bonds. The molecule has 7 heteroatoms. The van der Waals surface area contributed by atoms with Crippen LogP contribution in [0, 0.1) is 0 Å². The van der Waals surface area contributed by atoms with Crippen LogP contribution in [-0.2, 0) is 25.5 Å². The van der Waals surface area contributed by atoms with Crippen molar-refractivity contribution in [3.63, 3.8) is 0 Å². The second-order valence-electron chi connectivity index (χ2n) is 5.40. The van der Waals surface area contributed by atoms with E-state index in [4.69, 9.17) is 14.0 Å². The SMILES string of the molecule is O=C(COC(=O)Cc1noc2ccccc12)NC[C@@H]1CCCO1. The first-order valence-electron chi connectivity index (χ1n) is 7.59. The van der Waals surface area contributed by atoms with Gasteiger partial charge in [-0.05, 0) is 25.0 Å². The van der Waals surface area contributed by atoms with E-state index in [1.165, 1.54) is 0 Å². The molecular formula is C16H18N2O5. The molecule has 1 aromatic carbocycles. The predicted molar refractivity (Wildman–Crippen MR) is 80.7 cm³/mol. The minimum absolute atomic E-state index is 0.0317. The fourth-order valence-electron chi connectivity index (χ4n) is 2.48. The second-order valence-corrected chi connectivity index (χ2v) is 5.40. The summed E-state index contributed by atoms with van der Waals surface area (Å²) in [7, 11) is 0. The number of hydrogen-bond donors (Lipinski definition) is 1. The second kappa shape index (κ2) is 7.23. The third kappa shape index (κ3) is 4.07. The summed E-state index contributed by atoms with van der Waals surface area (Å²) in [5, 5.41) is 7.32. The zero-order valence-electron chi connectivity index (χ0n) is 12.6. The average Bonchev–Trinajstić information content (AvgIpc) is 3.21. The van der Waals surface area contributed by atoms with Gasteiger partial charge >= 0.3 is 5.97 Å². The number of nitrogens with one attached hydrogen (secondary N) is 1. The number of para-hydroxylation sites is 1. The van der Waals surface area contributed by atoms with Gasteiger partial charge in [-0.25, -0.2) is 0 Å². The summed E-state index contributed by atoms with van der Waals surface area (Å²) in [6, 6.07) is 7.26. The molecule has 7 nitrogen and oxygen atoms in total. The summed E-state index contributed by atoms with van der Waals surface area (Å²) in [4.78, 5) is 23.5. The van der Waals surface area contributed by atoms with E-state index >= 15 is 0 Å². The van der Waals surface area contributed by atoms with Crippen molar-refractivity contribution in [1.29, 1.82) is 0 Å². The Hall–Kier alpha value is -2.41. The summed E-state index contributed by atoms with van der Waals surface area (Å²) < 4.78 is 15.5. The van der Waals surface area contributed by atoms with Crippen LogP contribution in [0.1, 0.15) is 18.5 Å². The Balaban J connectivity index is 1.43. The molecule has 122 valence electrons. The zero-order chi connectivity index (χ0) is 16.1. The van der Waals surface area contributed by atoms with Gasteiger partial charge in [0.15, 0.2) is 12.2 Å². The third-order valence-corrected chi connectivity index (χ3v) is 3.68. The first-order chi connectivity index (χ1) is 11.2. The van der Waals surface area contributed by atoms with Crippen LogP contribution in [0.2, 0.25) is 0 Å². The lowest BCUT2D eigenvalue weighted by Gasteiger charge is -2.10. The van der Waals surface area contributed by atoms with Crippen LogP contribution in [0.3, 0.4) is 0 Å². The van der Waals surface area contributed by atoms with Gasteiger partial charge in [0, 0.05) is 18.5 Å². The molecule has 0 aliphatic carbocycles. The van der Waals surface area contributed by atoms with Crippen molar-refractivity contribution in [1.82, 2.24) is 10.5 Å². The maximum atomic E-state index is 11.8. The van der Waals surface area contributed by atoms with Gasteiger partial charge in [0.05, 0.1) is 12.5 Å². The van der Waals surface area contributed by atoms with Crippen LogP contribution in [0.5, 0.6) is 0 Å². The molecule has 0 unspecified atom stereocenters. The van der Waals surface area contributed by atoms with Gasteiger partial charge in [0.1, 0.15) is 5.69 Å². The van der Waals surface area contributed by atoms with Gasteiger partial charge in [-0.3, -0.25) is 9.59 Å². The maximum absolute atomic E-state index is 11.8. The van der Waals surface area contributed by atoms with Crippen molar-refractivity contribution in [2.45, 2.75) is 25.4 Å². The van der Waals surface area contributed by atoms with E-state index < -0.39 is 5.97 Å². The highest BCUT2D eigenvalue weighted by Crippen LogP contribution is 2.18. The minimum atomic E-state index is -0.517. The number of carbonyl (C=O) groups excluding carboxylic acids is 2. The van der Waals surface area contributed by atoms with Crippen molar-refractivity contribution in [3.05, 3.63) is 30.0 Å². The predicted octanol–water partition coefficient (Wildman–Crippen LogP) is 1.21. The van der Waals surface area contributed by atoms with Crippen LogP contribution < -0.4 is 5.32 Å². The molecule has 23 heavy (non-hydrogen) atoms. The molecule has 1 fully saturated rings. The van der Waals surface area contributed by atoms with Crippen molar-refractivity contribution < 1.29 is 23.6 Å². The highest BCUT2D eigenvalue weighted by atomic mass is 16.5. The van der Waals surface area contributed by atoms with Crippen molar-refractivity contribution in [2.75, 3.05) is 19.8 Å². The Morgan fingerprint density at radius 1 is 1.35 bits per heavy atom. The zero-order valence-corrected chi connectivity index (χ0v) is 12.6. The van der Waals surface area contributed by atoms with Gasteiger partial charge in [-0.1, -0.05) is 17.3 Å². The highest BCUT2D eigenvalue weighted by molar-refractivity contribution is 5.85. The van der Waals surface area contributed by atoms with Gasteiger partial charge in [0.25, 0.3) is 5.91 Å². The first kappa shape index (κ1) is 15.5. The number of esters is 1. The number of nitrogens with zero attached hydrogens (tertiary/aromatic N) is 1. The monoisotopic (exact) mass is 318 g/mol. The molecular weight excluding hydrogens is 300 g/mol. The van der Waals surface area contributed by atoms with Crippen LogP contribution in [0.15, 0.2) is 28.8 Å². The van der Waals surface area contributed by atoms with E-state index in [0.717, 1.165) is 24.8 Å². The quantitative estimate of drug-likeness (QED) is 0.805. The fourth-order valence-corrected chi connectivity index (χ4v) is 2.48. The molecule has 0 spiro atoms. The molecule has 1 aliphatic heterocycles. The summed E-state index contributed by atoms with van der Waals surface area (Å²) >= 11 is 0. The standard InChI is InChI=1S/C16H18N2O5/c19-15(17-9-11-4-3-7-21-11)10-22-16(20)8-13-12-5-1-2-6-14(12)23-18-13/h1-2,5-6,11H,3-4,7-10H2,(H,17,19)/t11-/m0/s1. The van der Waals surface area contributed by atoms with Crippen molar-refractivity contribution >= 4 is 22.8 Å². The number of ether oxygens (including phenoxy) is 2. The van der Waals surface area contributed by atoms with Crippen LogP contribution >= 0.6 is 0 Å². The maximum Gasteiger partial charge on any atom is 0.312 e. The lowest BCUT2D eigenvalue weighted by Crippen LogP contribution is -2.35. The average molecular weight is 318 g/mol. The lowest BCUT2D eigenvalue weighted by atomic mass is 10.2. The van der Waals surface area contributed by atoms with E-state index in [1.807, 2.05) is 18.2 Å². The minimum Gasteiger partial charge on any atom is -0.455 e. The summed E-state index contributed by atoms with van der Waals surface area (Å²) in [5.41, 5.74) is 1.12. The summed E-state index contributed by atoms with van der Waals surface area (Å²) in [5.74, 6) is -0.852. The smallest absolute Gasteiger partial charge is 0.312 e. The van der Waals surface area contributed by atoms with Gasteiger partial charge in [0.2, 0.25) is 0 Å². The number of carbonyl (C=O) groups is 2. The Labute approximate surface area is 132 Å². The lowest BCUT2D eigenvalue weighted by molar-refractivity contribution is -0.148. The molecule has 0 saturated carbocycles. The molecule has 3 rings (SSSR count). The first-order valence-corrected chi connectivity index (χ1v) is 7.59. The van der Waals surface area contributed by atoms with Crippen molar-refractivity contribution in [3.8, 4) is 0 Å². The van der Waals surface area contributed by atoms with Crippen LogP contribution in [0.25, 0.3) is 11.0 Å². The molecule has 2 heterocycles. The van der Waals surface area contributed by atoms with E-state index in [1.54, 1.807) is 6.07 Å². The Bertz CT molecular complexity index is 691. The summed E-state index contributed by atoms with van der Waals surface area (Å²) in [6.07, 6.45) is 1.99. The van der Waals surface area contributed by atoms with Gasteiger partial charge in [-0.2, -0.15) is 0 Å².